The molecule has 0 bridgehead atoms. The highest BCUT2D eigenvalue weighted by Crippen LogP contribution is 2.41. The average molecular weight is 516 g/mol. The minimum absolute atomic E-state index is 0.139. The Morgan fingerprint density at radius 2 is 2.22 bits per heavy atom. The van der Waals surface area contributed by atoms with E-state index in [0.29, 0.717) is 58.5 Å². The fraction of sp³-hybridized carbons (Fsp3) is 0.250. The Morgan fingerprint density at radius 1 is 1.38 bits per heavy atom. The number of aromatic nitrogens is 2. The van der Waals surface area contributed by atoms with Crippen molar-refractivity contribution in [1.82, 2.24) is 20.2 Å². The molecule has 0 radical (unpaired) electrons. The summed E-state index contributed by atoms with van der Waals surface area (Å²) >= 11 is 6.36. The van der Waals surface area contributed by atoms with Crippen LogP contribution in [0.15, 0.2) is 49.3 Å². The van der Waals surface area contributed by atoms with Gasteiger partial charge in [-0.15, -0.1) is 0 Å². The van der Waals surface area contributed by atoms with Gasteiger partial charge < -0.3 is 25.3 Å². The maximum absolute atomic E-state index is 13.0. The van der Waals surface area contributed by atoms with Crippen LogP contribution in [0.2, 0.25) is 5.02 Å². The van der Waals surface area contributed by atoms with Crippen molar-refractivity contribution in [2.75, 3.05) is 25.5 Å². The Balaban J connectivity index is 1.62. The van der Waals surface area contributed by atoms with E-state index < -0.39 is 5.54 Å². The molecule has 2 aliphatic rings. The van der Waals surface area contributed by atoms with Crippen LogP contribution in [-0.4, -0.2) is 52.4 Å². The number of carbonyl (C=O) groups is 2. The number of likely N-dealkylation sites (tertiary alicyclic amines) is 1. The molecule has 4 heterocycles. The summed E-state index contributed by atoms with van der Waals surface area (Å²) < 4.78 is 5.52. The van der Waals surface area contributed by atoms with Crippen LogP contribution in [0, 0.1) is 11.8 Å². The molecule has 5 rings (SSSR count). The molecule has 1 fully saturated rings. The quantitative estimate of drug-likeness (QED) is 0.347. The topological polar surface area (TPSA) is 99.3 Å². The third-order valence-corrected chi connectivity index (χ3v) is 7.11. The number of hydrogen-bond acceptors (Lipinski definition) is 5. The summed E-state index contributed by atoms with van der Waals surface area (Å²) in [6.07, 6.45) is 6.11. The minimum Gasteiger partial charge on any atom is -0.493 e. The molecule has 3 N–H and O–H groups in total. The smallest absolute Gasteiger partial charge is 0.255 e. The minimum atomic E-state index is -0.581. The zero-order valence-electron chi connectivity index (χ0n) is 20.6. The van der Waals surface area contributed by atoms with Gasteiger partial charge in [-0.2, -0.15) is 0 Å². The van der Waals surface area contributed by atoms with Crippen molar-refractivity contribution < 1.29 is 14.3 Å². The fourth-order valence-electron chi connectivity index (χ4n) is 4.72. The van der Waals surface area contributed by atoms with Gasteiger partial charge in [0.1, 0.15) is 5.54 Å². The molecule has 2 aliphatic heterocycles. The third kappa shape index (κ3) is 4.32. The molecule has 0 aliphatic carbocycles. The predicted molar refractivity (Wildman–Crippen MR) is 143 cm³/mol. The van der Waals surface area contributed by atoms with Gasteiger partial charge in [-0.1, -0.05) is 36.1 Å². The number of nitrogens with zero attached hydrogens (tertiary/aromatic N) is 2. The van der Waals surface area contributed by atoms with Gasteiger partial charge in [-0.05, 0) is 37.6 Å². The van der Waals surface area contributed by atoms with Crippen molar-refractivity contribution in [2.24, 2.45) is 0 Å². The molecule has 1 atom stereocenters. The van der Waals surface area contributed by atoms with Crippen LogP contribution in [0.25, 0.3) is 11.3 Å². The number of anilines is 2. The van der Waals surface area contributed by atoms with E-state index in [1.807, 2.05) is 25.1 Å². The second-order valence-electron chi connectivity index (χ2n) is 9.07. The monoisotopic (exact) mass is 515 g/mol. The lowest BCUT2D eigenvalue weighted by Gasteiger charge is -2.46. The number of benzene rings is 1. The van der Waals surface area contributed by atoms with Gasteiger partial charge in [0, 0.05) is 43.2 Å². The second-order valence-corrected chi connectivity index (χ2v) is 9.48. The average Bonchev–Trinajstić information content (AvgIpc) is 3.26. The lowest BCUT2D eigenvalue weighted by molar-refractivity contribution is -0.136. The van der Waals surface area contributed by atoms with Crippen molar-refractivity contribution in [1.29, 1.82) is 0 Å². The van der Waals surface area contributed by atoms with Crippen LogP contribution in [0.3, 0.4) is 0 Å². The molecule has 2 aromatic heterocycles. The standard InChI is InChI=1S/C28H26ClN5O3/c1-4-22(35)34-15-12-28(34,2)11-8-17-16-30-13-9-18(17)24-25(23-20(32-24)10-14-31-27(23)36)33-21-7-5-6-19(29)26(21)37-3/h4-7,9,13,16,32-33H,1,10,12,14-15H2,2-3H3,(H,31,36)/t28-/m1/s1. The van der Waals surface area contributed by atoms with Crippen LogP contribution in [0.5, 0.6) is 5.75 Å². The number of aromatic amines is 1. The largest absolute Gasteiger partial charge is 0.493 e. The van der Waals surface area contributed by atoms with Crippen LogP contribution in [0.1, 0.15) is 35.0 Å². The van der Waals surface area contributed by atoms with Crippen molar-refractivity contribution in [3.8, 4) is 28.8 Å². The number of hydrogen-bond donors (Lipinski definition) is 3. The number of ether oxygens (including phenoxy) is 1. The summed E-state index contributed by atoms with van der Waals surface area (Å²) in [5.41, 5.74) is 4.15. The summed E-state index contributed by atoms with van der Waals surface area (Å²) in [6, 6.07) is 7.24. The van der Waals surface area contributed by atoms with E-state index in [-0.39, 0.29) is 11.8 Å². The van der Waals surface area contributed by atoms with Gasteiger partial charge in [0.25, 0.3) is 5.91 Å². The van der Waals surface area contributed by atoms with E-state index in [2.05, 4.69) is 39.0 Å². The zero-order valence-corrected chi connectivity index (χ0v) is 21.3. The summed E-state index contributed by atoms with van der Waals surface area (Å²) in [7, 11) is 1.55. The predicted octanol–water partition coefficient (Wildman–Crippen LogP) is 4.30. The molecule has 37 heavy (non-hydrogen) atoms. The van der Waals surface area contributed by atoms with Crippen LogP contribution in [0.4, 0.5) is 11.4 Å². The number of amides is 2. The number of methoxy groups -OCH3 is 1. The third-order valence-electron chi connectivity index (χ3n) is 6.81. The Kier molecular flexibility index (Phi) is 6.40. The number of rotatable bonds is 5. The molecule has 1 saturated heterocycles. The number of nitrogens with one attached hydrogen (secondary N) is 3. The first-order chi connectivity index (χ1) is 17.9. The summed E-state index contributed by atoms with van der Waals surface area (Å²) in [5, 5.41) is 6.76. The highest BCUT2D eigenvalue weighted by Gasteiger charge is 2.41. The van der Waals surface area contributed by atoms with Gasteiger partial charge in [0.2, 0.25) is 5.91 Å². The van der Waals surface area contributed by atoms with Gasteiger partial charge in [-0.3, -0.25) is 14.6 Å². The molecule has 188 valence electrons. The van der Waals surface area contributed by atoms with Crippen molar-refractivity contribution in [2.45, 2.75) is 25.3 Å². The van der Waals surface area contributed by atoms with Crippen molar-refractivity contribution in [3.63, 3.8) is 0 Å². The molecular weight excluding hydrogens is 490 g/mol. The molecule has 1 aromatic carbocycles. The van der Waals surface area contributed by atoms with E-state index >= 15 is 0 Å². The van der Waals surface area contributed by atoms with E-state index in [0.717, 1.165) is 17.7 Å². The number of halogens is 1. The molecular formula is C28H26ClN5O3. The highest BCUT2D eigenvalue weighted by atomic mass is 35.5. The van der Waals surface area contributed by atoms with Gasteiger partial charge in [0.15, 0.2) is 5.75 Å². The number of fused-ring (bicyclic) bond motifs is 1. The Bertz CT molecular complexity index is 1480. The van der Waals surface area contributed by atoms with Gasteiger partial charge in [0.05, 0.1) is 40.3 Å². The summed E-state index contributed by atoms with van der Waals surface area (Å²) in [6.45, 7) is 6.72. The molecule has 3 aromatic rings. The van der Waals surface area contributed by atoms with Crippen LogP contribution in [-0.2, 0) is 11.2 Å². The molecule has 8 nitrogen and oxygen atoms in total. The lowest BCUT2D eigenvalue weighted by atomic mass is 9.86. The van der Waals surface area contributed by atoms with E-state index in [4.69, 9.17) is 16.3 Å². The first-order valence-electron chi connectivity index (χ1n) is 11.9. The molecule has 0 saturated carbocycles. The number of carbonyl (C=O) groups excluding carboxylic acids is 2. The number of para-hydroxylation sites is 1. The van der Waals surface area contributed by atoms with Crippen LogP contribution < -0.4 is 15.4 Å². The SMILES string of the molecule is C=CC(=O)N1CC[C@@]1(C)C#Cc1cnccc1-c1[nH]c2c(c1Nc1cccc(Cl)c1OC)C(=O)NCC2. The van der Waals surface area contributed by atoms with E-state index in [1.165, 1.54) is 6.08 Å². The number of H-pyrrole nitrogens is 1. The van der Waals surface area contributed by atoms with Gasteiger partial charge >= 0.3 is 0 Å². The second kappa shape index (κ2) is 9.68. The Labute approximate surface area is 220 Å². The molecule has 0 unspecified atom stereocenters. The Hall–Kier alpha value is -4.22. The summed E-state index contributed by atoms with van der Waals surface area (Å²) in [5.74, 6) is 6.67. The first kappa shape index (κ1) is 24.5. The lowest BCUT2D eigenvalue weighted by Crippen LogP contribution is -2.59. The van der Waals surface area contributed by atoms with Gasteiger partial charge in [-0.25, -0.2) is 0 Å². The number of pyridine rings is 1. The maximum Gasteiger partial charge on any atom is 0.255 e. The fourth-order valence-corrected chi connectivity index (χ4v) is 4.97. The molecule has 0 spiro atoms. The van der Waals surface area contributed by atoms with E-state index in [1.54, 1.807) is 30.5 Å². The summed E-state index contributed by atoms with van der Waals surface area (Å²) in [4.78, 5) is 34.6. The molecule has 9 heteroatoms. The maximum atomic E-state index is 13.0. The zero-order chi connectivity index (χ0) is 26.2. The van der Waals surface area contributed by atoms with Crippen molar-refractivity contribution >= 4 is 34.8 Å². The first-order valence-corrected chi connectivity index (χ1v) is 12.3. The normalized spacial score (nSPS) is 18.0. The van der Waals surface area contributed by atoms with Crippen molar-refractivity contribution in [3.05, 3.63) is 71.2 Å². The highest BCUT2D eigenvalue weighted by molar-refractivity contribution is 6.32. The van der Waals surface area contributed by atoms with Crippen LogP contribution >= 0.6 is 11.6 Å². The Morgan fingerprint density at radius 3 is 2.95 bits per heavy atom. The molecule has 2 amide bonds. The van der Waals surface area contributed by atoms with E-state index in [9.17, 15) is 9.59 Å².